The first-order valence-corrected chi connectivity index (χ1v) is 19.5. The third kappa shape index (κ3) is 6.68. The molecule has 0 unspecified atom stereocenters. The average molecular weight is 785 g/mol. The molecular weight excluding hydrogens is 737 g/mol. The van der Waals surface area contributed by atoms with Gasteiger partial charge in [-0.15, -0.1) is 0 Å². The van der Waals surface area contributed by atoms with Gasteiger partial charge in [0, 0.05) is 65.4 Å². The van der Waals surface area contributed by atoms with Crippen molar-refractivity contribution in [1.82, 2.24) is 18.9 Å². The molecule has 10 nitrogen and oxygen atoms in total. The average Bonchev–Trinajstić information content (AvgIpc) is 3.75. The van der Waals surface area contributed by atoms with E-state index in [-0.39, 0.29) is 17.6 Å². The number of amides is 1. The Bertz CT molecular complexity index is 2490. The Hall–Kier alpha value is -4.77. The van der Waals surface area contributed by atoms with Crippen molar-refractivity contribution in [1.29, 1.82) is 0 Å². The minimum absolute atomic E-state index is 0.154. The number of rotatable bonds is 12. The Kier molecular flexibility index (Phi) is 10.5. The summed E-state index contributed by atoms with van der Waals surface area (Å²) < 4.78 is 17.7. The fourth-order valence-electron chi connectivity index (χ4n) is 8.39. The maximum absolute atomic E-state index is 15.3. The molecular formula is C43H47Cl2N5O5. The van der Waals surface area contributed by atoms with Gasteiger partial charge in [0.25, 0.3) is 5.91 Å². The van der Waals surface area contributed by atoms with Gasteiger partial charge in [-0.05, 0) is 120 Å². The molecule has 1 atom stereocenters. The van der Waals surface area contributed by atoms with Crippen LogP contribution in [0.1, 0.15) is 80.9 Å². The zero-order valence-corrected chi connectivity index (χ0v) is 34.2. The van der Waals surface area contributed by atoms with Crippen molar-refractivity contribution in [2.45, 2.75) is 73.9 Å². The molecule has 12 heteroatoms. The van der Waals surface area contributed by atoms with E-state index < -0.39 is 5.97 Å². The lowest BCUT2D eigenvalue weighted by atomic mass is 9.98. The largest absolute Gasteiger partial charge is 0.494 e. The summed E-state index contributed by atoms with van der Waals surface area (Å²) in [5.41, 5.74) is 10.4. The van der Waals surface area contributed by atoms with E-state index in [0.717, 1.165) is 71.8 Å². The number of aromatic carboxylic acids is 1. The monoisotopic (exact) mass is 783 g/mol. The van der Waals surface area contributed by atoms with E-state index in [2.05, 4.69) is 11.5 Å². The highest BCUT2D eigenvalue weighted by Gasteiger charge is 2.38. The normalized spacial score (nSPS) is 14.4. The number of carbonyl (C=O) groups excluding carboxylic acids is 1. The Morgan fingerprint density at radius 2 is 1.71 bits per heavy atom. The first kappa shape index (κ1) is 38.5. The van der Waals surface area contributed by atoms with Gasteiger partial charge in [0.05, 0.1) is 40.7 Å². The number of anilines is 1. The minimum atomic E-state index is -1.03. The number of halogens is 2. The first-order chi connectivity index (χ1) is 26.2. The van der Waals surface area contributed by atoms with Crippen LogP contribution in [0.4, 0.5) is 5.69 Å². The second kappa shape index (κ2) is 15.0. The summed E-state index contributed by atoms with van der Waals surface area (Å²) in [5, 5.41) is 18.0. The van der Waals surface area contributed by atoms with Crippen molar-refractivity contribution >= 4 is 62.6 Å². The van der Waals surface area contributed by atoms with E-state index in [9.17, 15) is 9.90 Å². The van der Waals surface area contributed by atoms with Gasteiger partial charge in [0.1, 0.15) is 17.1 Å². The highest BCUT2D eigenvalue weighted by molar-refractivity contribution is 6.35. The van der Waals surface area contributed by atoms with E-state index >= 15 is 4.79 Å². The maximum Gasteiger partial charge on any atom is 0.352 e. The van der Waals surface area contributed by atoms with Crippen LogP contribution in [0.3, 0.4) is 0 Å². The van der Waals surface area contributed by atoms with Crippen LogP contribution in [0, 0.1) is 34.6 Å². The minimum Gasteiger partial charge on any atom is -0.494 e. The Morgan fingerprint density at radius 1 is 0.982 bits per heavy atom. The number of benzene rings is 3. The molecule has 0 aliphatic carbocycles. The topological polar surface area (TPSA) is 104 Å². The number of carboxylic acids is 1. The highest BCUT2D eigenvalue weighted by Crippen LogP contribution is 2.46. The molecule has 55 heavy (non-hydrogen) atoms. The number of hydrogen-bond acceptors (Lipinski definition) is 5. The molecule has 1 aliphatic rings. The van der Waals surface area contributed by atoms with Crippen LogP contribution in [0.2, 0.25) is 10.0 Å². The second-order valence-electron chi connectivity index (χ2n) is 14.7. The van der Waals surface area contributed by atoms with Gasteiger partial charge in [-0.1, -0.05) is 29.3 Å². The lowest BCUT2D eigenvalue weighted by molar-refractivity contribution is 0.0681. The van der Waals surface area contributed by atoms with Crippen molar-refractivity contribution in [3.8, 4) is 16.9 Å². The molecule has 3 aromatic heterocycles. The van der Waals surface area contributed by atoms with Crippen molar-refractivity contribution < 1.29 is 24.2 Å². The lowest BCUT2D eigenvalue weighted by Crippen LogP contribution is -2.43. The molecule has 1 amide bonds. The number of nitrogens with zero attached hydrogens (tertiary/aromatic N) is 5. The molecule has 7 rings (SSSR count). The van der Waals surface area contributed by atoms with Crippen molar-refractivity contribution in [2.75, 3.05) is 31.3 Å². The molecule has 0 spiro atoms. The summed E-state index contributed by atoms with van der Waals surface area (Å²) in [6.07, 6.45) is 1.22. The van der Waals surface area contributed by atoms with Gasteiger partial charge in [-0.2, -0.15) is 5.10 Å². The molecule has 288 valence electrons. The molecule has 0 saturated carbocycles. The summed E-state index contributed by atoms with van der Waals surface area (Å²) in [6.45, 7) is 15.9. The molecule has 1 aliphatic heterocycles. The number of aryl methyl sites for hydroxylation is 6. The van der Waals surface area contributed by atoms with E-state index in [1.165, 1.54) is 0 Å². The molecule has 0 radical (unpaired) electrons. The van der Waals surface area contributed by atoms with Crippen molar-refractivity contribution in [3.63, 3.8) is 0 Å². The van der Waals surface area contributed by atoms with E-state index in [4.69, 9.17) is 37.8 Å². The Balaban J connectivity index is 1.40. The summed E-state index contributed by atoms with van der Waals surface area (Å²) in [5.74, 6) is -0.432. The molecule has 1 N–H and O–H groups in total. The standard InChI is InChI=1S/C43H47Cl2N5O5/c1-9-54-16-14-48-35(43(52)53)21-29-17-23(2)18-34(39(29)48)49-22-26(5)50-40-32(12-13-33(44)37(40)36-27(6)46-47(8)28(36)7)31(41(50)42(49)51)11-10-15-55-30-19-24(3)38(45)25(4)20-30/h12-13,17-21,26H,9-11,14-16,22H2,1-8H3,(H,52,53)/t26-/m1/s1. The van der Waals surface area contributed by atoms with Crippen LogP contribution in [-0.2, 0) is 24.8 Å². The molecule has 4 heterocycles. The van der Waals surface area contributed by atoms with Gasteiger partial charge in [-0.3, -0.25) is 9.48 Å². The quantitative estimate of drug-likeness (QED) is 0.124. The Labute approximate surface area is 331 Å². The molecule has 3 aromatic carbocycles. The second-order valence-corrected chi connectivity index (χ2v) is 15.5. The fourth-order valence-corrected chi connectivity index (χ4v) is 8.75. The zero-order chi connectivity index (χ0) is 39.5. The van der Waals surface area contributed by atoms with Gasteiger partial charge >= 0.3 is 5.97 Å². The van der Waals surface area contributed by atoms with Gasteiger partial charge in [0.2, 0.25) is 0 Å². The van der Waals surface area contributed by atoms with Crippen LogP contribution in [0.15, 0.2) is 42.5 Å². The smallest absolute Gasteiger partial charge is 0.352 e. The van der Waals surface area contributed by atoms with Crippen molar-refractivity contribution in [3.05, 3.63) is 97.5 Å². The number of hydrogen-bond donors (Lipinski definition) is 1. The predicted octanol–water partition coefficient (Wildman–Crippen LogP) is 9.81. The predicted molar refractivity (Wildman–Crippen MR) is 220 cm³/mol. The SMILES string of the molecule is CCOCCn1c(C(=O)O)cc2cc(C)cc(N3C[C@@H](C)n4c(c(CCCOc5cc(C)c(Cl)c(C)c5)c5ccc(Cl)c(-c6c(C)nn(C)c6C)c54)C3=O)c21. The van der Waals surface area contributed by atoms with Gasteiger partial charge in [-0.25, -0.2) is 4.79 Å². The molecule has 0 saturated heterocycles. The summed E-state index contributed by atoms with van der Waals surface area (Å²) in [6, 6.07) is 13.3. The molecule has 6 aromatic rings. The van der Waals surface area contributed by atoms with E-state index in [1.807, 2.05) is 94.6 Å². The maximum atomic E-state index is 15.3. The van der Waals surface area contributed by atoms with Crippen LogP contribution in [0.5, 0.6) is 5.75 Å². The number of carboxylic acid groups (broad SMARTS) is 1. The van der Waals surface area contributed by atoms with Gasteiger partial charge < -0.3 is 28.6 Å². The van der Waals surface area contributed by atoms with Crippen LogP contribution >= 0.6 is 23.2 Å². The van der Waals surface area contributed by atoms with Crippen molar-refractivity contribution in [2.24, 2.45) is 7.05 Å². The summed E-state index contributed by atoms with van der Waals surface area (Å²) in [4.78, 5) is 29.7. The number of ether oxygens (including phenoxy) is 2. The zero-order valence-electron chi connectivity index (χ0n) is 32.6. The van der Waals surface area contributed by atoms with Crippen LogP contribution in [0.25, 0.3) is 32.9 Å². The lowest BCUT2D eigenvalue weighted by Gasteiger charge is -2.35. The van der Waals surface area contributed by atoms with Crippen LogP contribution in [-0.4, -0.2) is 62.3 Å². The number of fused-ring (bicyclic) bond motifs is 4. The number of carbonyl (C=O) groups is 2. The highest BCUT2D eigenvalue weighted by atomic mass is 35.5. The van der Waals surface area contributed by atoms with E-state index in [0.29, 0.717) is 67.7 Å². The summed E-state index contributed by atoms with van der Waals surface area (Å²) in [7, 11) is 1.93. The molecule has 0 bridgehead atoms. The molecule has 0 fully saturated rings. The third-order valence-corrected chi connectivity index (χ3v) is 11.8. The third-order valence-electron chi connectivity index (χ3n) is 10.9. The first-order valence-electron chi connectivity index (χ1n) is 18.8. The van der Waals surface area contributed by atoms with Gasteiger partial charge in [0.15, 0.2) is 0 Å². The fraction of sp³-hybridized carbons (Fsp3) is 0.372. The van der Waals surface area contributed by atoms with Crippen LogP contribution < -0.4 is 9.64 Å². The van der Waals surface area contributed by atoms with E-state index in [1.54, 1.807) is 10.6 Å². The Morgan fingerprint density at radius 3 is 2.36 bits per heavy atom. The summed E-state index contributed by atoms with van der Waals surface area (Å²) >= 11 is 13.5. The number of aromatic nitrogens is 4.